The van der Waals surface area contributed by atoms with Crippen LogP contribution in [0.1, 0.15) is 30.5 Å². The predicted molar refractivity (Wildman–Crippen MR) is 72.2 cm³/mol. The number of likely N-dealkylation sites (tertiary alicyclic amines) is 1. The largest absolute Gasteiger partial charge is 0.394 e. The van der Waals surface area contributed by atoms with Crippen LogP contribution in [0.4, 0.5) is 0 Å². The summed E-state index contributed by atoms with van der Waals surface area (Å²) in [7, 11) is 0. The normalized spacial score (nSPS) is 23.7. The quantitative estimate of drug-likeness (QED) is 0.815. The van der Waals surface area contributed by atoms with Crippen LogP contribution < -0.4 is 5.73 Å². The Bertz CT molecular complexity index is 447. The summed E-state index contributed by atoms with van der Waals surface area (Å²) in [4.78, 5) is 17.7. The highest BCUT2D eigenvalue weighted by molar-refractivity contribution is 5.75. The first-order valence-corrected chi connectivity index (χ1v) is 6.61. The lowest BCUT2D eigenvalue weighted by Crippen LogP contribution is -2.49. The van der Waals surface area contributed by atoms with Crippen LogP contribution in [0, 0.1) is 6.92 Å². The number of carbonyl (C=O) groups excluding carboxylic acids is 1. The van der Waals surface area contributed by atoms with Gasteiger partial charge in [-0.05, 0) is 37.9 Å². The summed E-state index contributed by atoms with van der Waals surface area (Å²) >= 11 is 0. The lowest BCUT2D eigenvalue weighted by atomic mass is 9.92. The molecule has 104 valence electrons. The van der Waals surface area contributed by atoms with Gasteiger partial charge >= 0.3 is 0 Å². The fourth-order valence-corrected chi connectivity index (χ4v) is 2.81. The Morgan fingerprint density at radius 1 is 1.58 bits per heavy atom. The second kappa shape index (κ2) is 5.67. The molecule has 5 nitrogen and oxygen atoms in total. The molecule has 1 aliphatic heterocycles. The maximum atomic E-state index is 11.2. The van der Waals surface area contributed by atoms with E-state index < -0.39 is 5.54 Å². The van der Waals surface area contributed by atoms with Crippen molar-refractivity contribution in [3.05, 3.63) is 29.6 Å². The average Bonchev–Trinajstić information content (AvgIpc) is 2.75. The summed E-state index contributed by atoms with van der Waals surface area (Å²) in [6, 6.07) is 4.01. The van der Waals surface area contributed by atoms with Crippen molar-refractivity contribution in [2.45, 2.75) is 38.3 Å². The van der Waals surface area contributed by atoms with Gasteiger partial charge in [0.1, 0.15) is 0 Å². The van der Waals surface area contributed by atoms with Crippen molar-refractivity contribution in [3.63, 3.8) is 0 Å². The molecule has 0 aliphatic carbocycles. The molecule has 0 spiro atoms. The van der Waals surface area contributed by atoms with Gasteiger partial charge in [0.15, 0.2) is 0 Å². The van der Waals surface area contributed by atoms with Crippen LogP contribution >= 0.6 is 0 Å². The maximum Gasteiger partial charge on any atom is 0.219 e. The Labute approximate surface area is 113 Å². The van der Waals surface area contributed by atoms with E-state index in [0.717, 1.165) is 30.6 Å². The van der Waals surface area contributed by atoms with Crippen LogP contribution in [0.2, 0.25) is 0 Å². The van der Waals surface area contributed by atoms with Crippen LogP contribution in [0.3, 0.4) is 0 Å². The Morgan fingerprint density at radius 3 is 2.95 bits per heavy atom. The Hall–Kier alpha value is -1.46. The molecule has 0 saturated carbocycles. The van der Waals surface area contributed by atoms with E-state index in [1.165, 1.54) is 0 Å². The molecule has 1 saturated heterocycles. The lowest BCUT2D eigenvalue weighted by Gasteiger charge is -2.36. The van der Waals surface area contributed by atoms with Crippen LogP contribution in [0.15, 0.2) is 18.3 Å². The number of amides is 1. The molecule has 1 atom stereocenters. The SMILES string of the molecule is Cc1ccc(CN2CCC[C@]2(CO)CC(N)=O)cn1. The number of carbonyl (C=O) groups is 1. The van der Waals surface area contributed by atoms with Gasteiger partial charge in [0.05, 0.1) is 12.1 Å². The highest BCUT2D eigenvalue weighted by Crippen LogP contribution is 2.33. The summed E-state index contributed by atoms with van der Waals surface area (Å²) in [6.45, 7) is 3.49. The zero-order valence-electron chi connectivity index (χ0n) is 11.3. The van der Waals surface area contributed by atoms with Crippen molar-refractivity contribution in [1.29, 1.82) is 0 Å². The maximum absolute atomic E-state index is 11.2. The van der Waals surface area contributed by atoms with Crippen LogP contribution in [0.25, 0.3) is 0 Å². The number of aromatic nitrogens is 1. The third-order valence-electron chi connectivity index (χ3n) is 3.88. The first-order chi connectivity index (χ1) is 9.05. The molecule has 1 aromatic rings. The molecule has 0 bridgehead atoms. The molecule has 0 aromatic carbocycles. The molecule has 3 N–H and O–H groups in total. The highest BCUT2D eigenvalue weighted by atomic mass is 16.3. The Balaban J connectivity index is 2.13. The number of nitrogens with zero attached hydrogens (tertiary/aromatic N) is 2. The van der Waals surface area contributed by atoms with Gasteiger partial charge in [0, 0.05) is 24.9 Å². The number of hydrogen-bond donors (Lipinski definition) is 2. The molecule has 1 amide bonds. The number of rotatable bonds is 5. The Kier molecular flexibility index (Phi) is 4.17. The number of pyridine rings is 1. The van der Waals surface area contributed by atoms with Crippen molar-refractivity contribution in [1.82, 2.24) is 9.88 Å². The summed E-state index contributed by atoms with van der Waals surface area (Å²) in [5.41, 5.74) is 6.90. The fraction of sp³-hybridized carbons (Fsp3) is 0.571. The lowest BCUT2D eigenvalue weighted by molar-refractivity contribution is -0.121. The molecule has 19 heavy (non-hydrogen) atoms. The molecule has 0 unspecified atom stereocenters. The minimum Gasteiger partial charge on any atom is -0.394 e. The number of aliphatic hydroxyl groups is 1. The molecule has 1 fully saturated rings. The zero-order chi connectivity index (χ0) is 13.9. The van der Waals surface area contributed by atoms with Crippen molar-refractivity contribution < 1.29 is 9.90 Å². The van der Waals surface area contributed by atoms with E-state index in [4.69, 9.17) is 5.73 Å². The molecular formula is C14H21N3O2. The molecule has 5 heteroatoms. The van der Waals surface area contributed by atoms with Gasteiger partial charge in [-0.3, -0.25) is 14.7 Å². The van der Waals surface area contributed by atoms with Crippen molar-refractivity contribution >= 4 is 5.91 Å². The number of nitrogens with two attached hydrogens (primary N) is 1. The van der Waals surface area contributed by atoms with Crippen LogP contribution in [-0.2, 0) is 11.3 Å². The van der Waals surface area contributed by atoms with E-state index in [0.29, 0.717) is 6.54 Å². The number of hydrogen-bond acceptors (Lipinski definition) is 4. The summed E-state index contributed by atoms with van der Waals surface area (Å²) < 4.78 is 0. The number of aryl methyl sites for hydroxylation is 1. The third kappa shape index (κ3) is 3.11. The Morgan fingerprint density at radius 2 is 2.37 bits per heavy atom. The highest BCUT2D eigenvalue weighted by Gasteiger charge is 2.41. The smallest absolute Gasteiger partial charge is 0.219 e. The van der Waals surface area contributed by atoms with E-state index in [-0.39, 0.29) is 18.9 Å². The van der Waals surface area contributed by atoms with Gasteiger partial charge < -0.3 is 10.8 Å². The number of primary amides is 1. The molecule has 2 rings (SSSR count). The molecule has 2 heterocycles. The first kappa shape index (κ1) is 14.0. The van der Waals surface area contributed by atoms with E-state index >= 15 is 0 Å². The standard InChI is InChI=1S/C14H21N3O2/c1-11-3-4-12(8-16-11)9-17-6-2-5-14(17,10-18)7-13(15)19/h3-4,8,18H,2,5-7,9-10H2,1H3,(H2,15,19)/t14-/m1/s1. The average molecular weight is 263 g/mol. The van der Waals surface area contributed by atoms with Gasteiger partial charge in [0.25, 0.3) is 0 Å². The summed E-state index contributed by atoms with van der Waals surface area (Å²) in [5, 5.41) is 9.69. The van der Waals surface area contributed by atoms with E-state index in [9.17, 15) is 9.90 Å². The third-order valence-corrected chi connectivity index (χ3v) is 3.88. The van der Waals surface area contributed by atoms with Gasteiger partial charge in [-0.1, -0.05) is 6.07 Å². The second-order valence-electron chi connectivity index (χ2n) is 5.36. The van der Waals surface area contributed by atoms with E-state index in [2.05, 4.69) is 9.88 Å². The topological polar surface area (TPSA) is 79.5 Å². The minimum atomic E-state index is -0.489. The summed E-state index contributed by atoms with van der Waals surface area (Å²) in [6.07, 6.45) is 3.85. The first-order valence-electron chi connectivity index (χ1n) is 6.61. The van der Waals surface area contributed by atoms with E-state index in [1.807, 2.05) is 25.3 Å². The van der Waals surface area contributed by atoms with Crippen molar-refractivity contribution in [3.8, 4) is 0 Å². The van der Waals surface area contributed by atoms with Crippen LogP contribution in [0.5, 0.6) is 0 Å². The minimum absolute atomic E-state index is 0.0325. The van der Waals surface area contributed by atoms with Gasteiger partial charge in [0.2, 0.25) is 5.91 Å². The molecule has 1 aliphatic rings. The molecule has 0 radical (unpaired) electrons. The fourth-order valence-electron chi connectivity index (χ4n) is 2.81. The molecule has 1 aromatic heterocycles. The van der Waals surface area contributed by atoms with Crippen molar-refractivity contribution in [2.75, 3.05) is 13.2 Å². The van der Waals surface area contributed by atoms with Gasteiger partial charge in [-0.2, -0.15) is 0 Å². The van der Waals surface area contributed by atoms with Gasteiger partial charge in [-0.15, -0.1) is 0 Å². The zero-order valence-corrected chi connectivity index (χ0v) is 11.3. The monoisotopic (exact) mass is 263 g/mol. The second-order valence-corrected chi connectivity index (χ2v) is 5.36. The van der Waals surface area contributed by atoms with Gasteiger partial charge in [-0.25, -0.2) is 0 Å². The van der Waals surface area contributed by atoms with Crippen molar-refractivity contribution in [2.24, 2.45) is 5.73 Å². The summed E-state index contributed by atoms with van der Waals surface area (Å²) in [5.74, 6) is -0.358. The van der Waals surface area contributed by atoms with E-state index in [1.54, 1.807) is 0 Å². The number of aliphatic hydroxyl groups excluding tert-OH is 1. The molecular weight excluding hydrogens is 242 g/mol. The van der Waals surface area contributed by atoms with Crippen LogP contribution in [-0.4, -0.2) is 39.6 Å². The predicted octanol–water partition coefficient (Wildman–Crippen LogP) is 0.592.